The first-order valence-electron chi connectivity index (χ1n) is 8.70. The maximum absolute atomic E-state index is 12.8. The van der Waals surface area contributed by atoms with Gasteiger partial charge in [0, 0.05) is 18.7 Å². The molecule has 0 saturated carbocycles. The molecule has 0 N–H and O–H groups in total. The van der Waals surface area contributed by atoms with Crippen LogP contribution in [0.3, 0.4) is 0 Å². The third-order valence-corrected chi connectivity index (χ3v) is 6.01. The Kier molecular flexibility index (Phi) is 4.29. The summed E-state index contributed by atoms with van der Waals surface area (Å²) in [7, 11) is 0. The highest BCUT2D eigenvalue weighted by molar-refractivity contribution is 7.12. The zero-order valence-corrected chi connectivity index (χ0v) is 15.0. The third-order valence-electron chi connectivity index (χ3n) is 5.16. The summed E-state index contributed by atoms with van der Waals surface area (Å²) in [6.07, 6.45) is 2.11. The highest BCUT2D eigenvalue weighted by Crippen LogP contribution is 2.33. The number of aromatic nitrogens is 1. The number of carbonyl (C=O) groups excluding carboxylic acids is 2. The van der Waals surface area contributed by atoms with E-state index >= 15 is 0 Å². The standard InChI is InChI=1S/C19H21N3O2S/c1-13-4-2-5-14(20-13)12-22-16-9-10-21(15(16)7-8-18(22)23)19(24)17-6-3-11-25-17/h2-6,11,15-16H,7-10,12H2,1H3/t15-,16-/m1/s1. The Morgan fingerprint density at radius 1 is 1.24 bits per heavy atom. The number of hydrogen-bond donors (Lipinski definition) is 0. The van der Waals surface area contributed by atoms with Gasteiger partial charge in [-0.25, -0.2) is 0 Å². The SMILES string of the molecule is Cc1cccc(CN2C(=O)CC[C@@H]3[C@H]2CCN3C(=O)c2cccs2)n1. The highest BCUT2D eigenvalue weighted by Gasteiger charge is 2.45. The van der Waals surface area contributed by atoms with Gasteiger partial charge in [-0.3, -0.25) is 14.6 Å². The molecule has 6 heteroatoms. The molecule has 5 nitrogen and oxygen atoms in total. The zero-order valence-electron chi connectivity index (χ0n) is 14.2. The molecule has 0 radical (unpaired) electrons. The van der Waals surface area contributed by atoms with E-state index in [9.17, 15) is 9.59 Å². The fraction of sp³-hybridized carbons (Fsp3) is 0.421. The van der Waals surface area contributed by atoms with Crippen molar-refractivity contribution in [3.8, 4) is 0 Å². The Morgan fingerprint density at radius 2 is 2.12 bits per heavy atom. The minimum absolute atomic E-state index is 0.102. The van der Waals surface area contributed by atoms with Crippen molar-refractivity contribution in [1.29, 1.82) is 0 Å². The molecule has 2 saturated heterocycles. The van der Waals surface area contributed by atoms with Crippen molar-refractivity contribution in [1.82, 2.24) is 14.8 Å². The Hall–Kier alpha value is -2.21. The highest BCUT2D eigenvalue weighted by atomic mass is 32.1. The lowest BCUT2D eigenvalue weighted by Crippen LogP contribution is -2.52. The van der Waals surface area contributed by atoms with E-state index in [-0.39, 0.29) is 23.9 Å². The lowest BCUT2D eigenvalue weighted by Gasteiger charge is -2.39. The maximum atomic E-state index is 12.8. The van der Waals surface area contributed by atoms with Crippen LogP contribution >= 0.6 is 11.3 Å². The van der Waals surface area contributed by atoms with Gasteiger partial charge in [-0.1, -0.05) is 12.1 Å². The number of likely N-dealkylation sites (tertiary alicyclic amines) is 2. The van der Waals surface area contributed by atoms with E-state index in [2.05, 4.69) is 4.98 Å². The average molecular weight is 355 g/mol. The second-order valence-corrected chi connectivity index (χ2v) is 7.68. The summed E-state index contributed by atoms with van der Waals surface area (Å²) >= 11 is 1.48. The molecular formula is C19H21N3O2S. The molecule has 2 amide bonds. The van der Waals surface area contributed by atoms with Crippen LogP contribution in [0.15, 0.2) is 35.7 Å². The summed E-state index contributed by atoms with van der Waals surface area (Å²) in [5, 5.41) is 1.93. The molecule has 2 fully saturated rings. The fourth-order valence-electron chi connectivity index (χ4n) is 4.01. The van der Waals surface area contributed by atoms with Gasteiger partial charge in [-0.2, -0.15) is 0 Å². The first-order chi connectivity index (χ1) is 12.1. The van der Waals surface area contributed by atoms with E-state index in [1.165, 1.54) is 11.3 Å². The number of carbonyl (C=O) groups is 2. The molecule has 2 aliphatic rings. The lowest BCUT2D eigenvalue weighted by atomic mass is 9.96. The van der Waals surface area contributed by atoms with E-state index in [0.29, 0.717) is 13.0 Å². The van der Waals surface area contributed by atoms with Crippen molar-refractivity contribution in [3.63, 3.8) is 0 Å². The number of rotatable bonds is 3. The molecule has 130 valence electrons. The molecule has 0 spiro atoms. The van der Waals surface area contributed by atoms with Gasteiger partial charge < -0.3 is 9.80 Å². The van der Waals surface area contributed by atoms with Gasteiger partial charge in [-0.15, -0.1) is 11.3 Å². The maximum Gasteiger partial charge on any atom is 0.264 e. The van der Waals surface area contributed by atoms with Crippen LogP contribution in [0.25, 0.3) is 0 Å². The topological polar surface area (TPSA) is 53.5 Å². The molecular weight excluding hydrogens is 334 g/mol. The largest absolute Gasteiger partial charge is 0.333 e. The Bertz CT molecular complexity index is 790. The Morgan fingerprint density at radius 3 is 2.88 bits per heavy atom. The number of thiophene rings is 1. The normalized spacial score (nSPS) is 23.0. The van der Waals surface area contributed by atoms with Gasteiger partial charge in [-0.05, 0) is 43.3 Å². The quantitative estimate of drug-likeness (QED) is 0.851. The molecule has 2 aromatic heterocycles. The molecule has 2 aliphatic heterocycles. The average Bonchev–Trinajstić information content (AvgIpc) is 3.26. The van der Waals surface area contributed by atoms with E-state index in [1.54, 1.807) is 0 Å². The first kappa shape index (κ1) is 16.3. The number of nitrogens with zero attached hydrogens (tertiary/aromatic N) is 3. The number of aryl methyl sites for hydroxylation is 1. The van der Waals surface area contributed by atoms with Gasteiger partial charge >= 0.3 is 0 Å². The summed E-state index contributed by atoms with van der Waals surface area (Å²) in [6.45, 7) is 3.21. The van der Waals surface area contributed by atoms with Crippen molar-refractivity contribution < 1.29 is 9.59 Å². The number of pyridine rings is 1. The zero-order chi connectivity index (χ0) is 17.4. The molecule has 0 aromatic carbocycles. The first-order valence-corrected chi connectivity index (χ1v) is 9.58. The molecule has 0 bridgehead atoms. The Balaban J connectivity index is 1.54. The smallest absolute Gasteiger partial charge is 0.264 e. The summed E-state index contributed by atoms with van der Waals surface area (Å²) in [6, 6.07) is 9.91. The molecule has 25 heavy (non-hydrogen) atoms. The van der Waals surface area contributed by atoms with Crippen LogP contribution in [0.2, 0.25) is 0 Å². The van der Waals surface area contributed by atoms with Gasteiger partial charge in [0.1, 0.15) is 0 Å². The van der Waals surface area contributed by atoms with Gasteiger partial charge in [0.25, 0.3) is 5.91 Å². The molecule has 4 rings (SSSR count). The van der Waals surface area contributed by atoms with Crippen LogP contribution in [0.5, 0.6) is 0 Å². The van der Waals surface area contributed by atoms with E-state index < -0.39 is 0 Å². The van der Waals surface area contributed by atoms with Crippen molar-refractivity contribution in [2.24, 2.45) is 0 Å². The summed E-state index contributed by atoms with van der Waals surface area (Å²) in [5.41, 5.74) is 1.87. The van der Waals surface area contributed by atoms with E-state index in [4.69, 9.17) is 0 Å². The molecule has 2 aromatic rings. The minimum atomic E-state index is 0.102. The number of piperidine rings is 1. The van der Waals surface area contributed by atoms with Crippen molar-refractivity contribution in [2.45, 2.75) is 44.8 Å². The summed E-state index contributed by atoms with van der Waals surface area (Å²) in [5.74, 6) is 0.278. The van der Waals surface area contributed by atoms with E-state index in [1.807, 2.05) is 52.4 Å². The Labute approximate surface area is 151 Å². The van der Waals surface area contributed by atoms with Gasteiger partial charge in [0.05, 0.1) is 29.2 Å². The van der Waals surface area contributed by atoms with Crippen LogP contribution in [-0.4, -0.2) is 45.2 Å². The van der Waals surface area contributed by atoms with Crippen LogP contribution in [0.1, 0.15) is 40.3 Å². The second kappa shape index (κ2) is 6.59. The van der Waals surface area contributed by atoms with E-state index in [0.717, 1.165) is 35.7 Å². The summed E-state index contributed by atoms with van der Waals surface area (Å²) in [4.78, 5) is 34.5. The molecule has 2 atom stereocenters. The van der Waals surface area contributed by atoms with Gasteiger partial charge in [0.2, 0.25) is 5.91 Å². The van der Waals surface area contributed by atoms with Crippen LogP contribution in [-0.2, 0) is 11.3 Å². The van der Waals surface area contributed by atoms with Crippen molar-refractivity contribution in [3.05, 3.63) is 52.0 Å². The minimum Gasteiger partial charge on any atom is -0.333 e. The number of fused-ring (bicyclic) bond motifs is 1. The second-order valence-electron chi connectivity index (χ2n) is 6.73. The van der Waals surface area contributed by atoms with Crippen LogP contribution in [0, 0.1) is 6.92 Å². The molecule has 4 heterocycles. The number of amides is 2. The predicted octanol–water partition coefficient (Wildman–Crippen LogP) is 2.86. The molecule has 0 aliphatic carbocycles. The van der Waals surface area contributed by atoms with Crippen LogP contribution < -0.4 is 0 Å². The van der Waals surface area contributed by atoms with Crippen molar-refractivity contribution >= 4 is 23.2 Å². The fourth-order valence-corrected chi connectivity index (χ4v) is 4.69. The lowest BCUT2D eigenvalue weighted by molar-refractivity contribution is -0.138. The predicted molar refractivity (Wildman–Crippen MR) is 96.3 cm³/mol. The molecule has 0 unspecified atom stereocenters. The van der Waals surface area contributed by atoms with Crippen molar-refractivity contribution in [2.75, 3.05) is 6.54 Å². The summed E-state index contributed by atoms with van der Waals surface area (Å²) < 4.78 is 0. The number of hydrogen-bond acceptors (Lipinski definition) is 4. The monoisotopic (exact) mass is 355 g/mol. The third kappa shape index (κ3) is 3.06. The van der Waals surface area contributed by atoms with Gasteiger partial charge in [0.15, 0.2) is 0 Å². The van der Waals surface area contributed by atoms with Crippen LogP contribution in [0.4, 0.5) is 0 Å².